The third-order valence-corrected chi connectivity index (χ3v) is 4.46. The largest absolute Gasteiger partial charge is 0.351 e. The van der Waals surface area contributed by atoms with E-state index in [1.165, 1.54) is 5.56 Å². The normalized spacial score (nSPS) is 18.0. The molecule has 0 spiro atoms. The smallest absolute Gasteiger partial charge is 0.270 e. The second kappa shape index (κ2) is 5.34. The van der Waals surface area contributed by atoms with Gasteiger partial charge in [-0.3, -0.25) is 4.79 Å². The van der Waals surface area contributed by atoms with Crippen LogP contribution in [0.15, 0.2) is 60.7 Å². The van der Waals surface area contributed by atoms with Crippen molar-refractivity contribution >= 4 is 16.8 Å². The van der Waals surface area contributed by atoms with Crippen molar-refractivity contribution in [2.75, 3.05) is 6.54 Å². The second-order valence-corrected chi connectivity index (χ2v) is 5.84. The number of likely N-dealkylation sites (tertiary alicyclic amines) is 1. The Bertz CT molecular complexity index is 773. The van der Waals surface area contributed by atoms with E-state index in [0.29, 0.717) is 5.69 Å². The lowest BCUT2D eigenvalue weighted by Crippen LogP contribution is -2.30. The molecule has 110 valence electrons. The number of rotatable bonds is 2. The van der Waals surface area contributed by atoms with E-state index < -0.39 is 0 Å². The number of carbonyl (C=O) groups is 1. The first-order valence-electron chi connectivity index (χ1n) is 7.76. The Morgan fingerprint density at radius 1 is 1.05 bits per heavy atom. The number of nitrogens with zero attached hydrogens (tertiary/aromatic N) is 1. The van der Waals surface area contributed by atoms with E-state index in [9.17, 15) is 4.79 Å². The number of aromatic nitrogens is 1. The summed E-state index contributed by atoms with van der Waals surface area (Å²) in [4.78, 5) is 18.1. The molecule has 0 saturated carbocycles. The number of nitrogens with one attached hydrogen (secondary N) is 1. The molecule has 3 nitrogen and oxygen atoms in total. The molecule has 0 bridgehead atoms. The lowest BCUT2D eigenvalue weighted by atomic mass is 10.0. The van der Waals surface area contributed by atoms with Crippen molar-refractivity contribution in [3.05, 3.63) is 71.9 Å². The van der Waals surface area contributed by atoms with Crippen LogP contribution in [0.3, 0.4) is 0 Å². The Balaban J connectivity index is 1.66. The van der Waals surface area contributed by atoms with E-state index >= 15 is 0 Å². The minimum Gasteiger partial charge on any atom is -0.351 e. The third-order valence-electron chi connectivity index (χ3n) is 4.46. The van der Waals surface area contributed by atoms with E-state index in [-0.39, 0.29) is 11.9 Å². The zero-order valence-corrected chi connectivity index (χ0v) is 12.3. The Kier molecular flexibility index (Phi) is 3.19. The van der Waals surface area contributed by atoms with Crippen molar-refractivity contribution in [1.82, 2.24) is 9.88 Å². The fraction of sp³-hybridized carbons (Fsp3) is 0.211. The van der Waals surface area contributed by atoms with Crippen molar-refractivity contribution in [1.29, 1.82) is 0 Å². The molecule has 3 heteroatoms. The molecule has 1 amide bonds. The van der Waals surface area contributed by atoms with Crippen LogP contribution in [0.25, 0.3) is 10.9 Å². The quantitative estimate of drug-likeness (QED) is 0.756. The summed E-state index contributed by atoms with van der Waals surface area (Å²) < 4.78 is 0. The molecule has 0 aliphatic carbocycles. The Morgan fingerprint density at radius 2 is 1.82 bits per heavy atom. The van der Waals surface area contributed by atoms with E-state index in [4.69, 9.17) is 0 Å². The third kappa shape index (κ3) is 2.19. The first-order chi connectivity index (χ1) is 10.8. The SMILES string of the molecule is O=C(c1cc2ccccc2[nH]1)N1CCCC1c1ccccc1. The van der Waals surface area contributed by atoms with Crippen molar-refractivity contribution in [2.45, 2.75) is 18.9 Å². The van der Waals surface area contributed by atoms with E-state index in [1.54, 1.807) is 0 Å². The van der Waals surface area contributed by atoms with Gasteiger partial charge in [0, 0.05) is 17.4 Å². The molecular weight excluding hydrogens is 272 g/mol. The standard InChI is InChI=1S/C19H18N2O/c22-19(17-13-15-9-4-5-10-16(15)20-17)21-12-6-11-18(21)14-7-2-1-3-8-14/h1-5,7-10,13,18,20H,6,11-12H2. The number of amides is 1. The van der Waals surface area contributed by atoms with Crippen molar-refractivity contribution in [2.24, 2.45) is 0 Å². The molecule has 4 rings (SSSR count). The summed E-state index contributed by atoms with van der Waals surface area (Å²) in [5, 5.41) is 1.08. The molecule has 1 aromatic heterocycles. The lowest BCUT2D eigenvalue weighted by molar-refractivity contribution is 0.0730. The topological polar surface area (TPSA) is 36.1 Å². The molecule has 1 unspecified atom stereocenters. The van der Waals surface area contributed by atoms with Gasteiger partial charge >= 0.3 is 0 Å². The van der Waals surface area contributed by atoms with E-state index in [2.05, 4.69) is 17.1 Å². The highest BCUT2D eigenvalue weighted by Crippen LogP contribution is 2.33. The van der Waals surface area contributed by atoms with Crippen LogP contribution in [0.2, 0.25) is 0 Å². The predicted molar refractivity (Wildman–Crippen MR) is 87.8 cm³/mol. The molecule has 1 fully saturated rings. The zero-order valence-electron chi connectivity index (χ0n) is 12.3. The van der Waals surface area contributed by atoms with Crippen LogP contribution in [0.5, 0.6) is 0 Å². The molecule has 1 saturated heterocycles. The monoisotopic (exact) mass is 290 g/mol. The van der Waals surface area contributed by atoms with Crippen LogP contribution < -0.4 is 0 Å². The molecule has 2 aromatic carbocycles. The molecular formula is C19H18N2O. The van der Waals surface area contributed by atoms with Gasteiger partial charge < -0.3 is 9.88 Å². The maximum atomic E-state index is 12.9. The molecule has 22 heavy (non-hydrogen) atoms. The predicted octanol–water partition coefficient (Wildman–Crippen LogP) is 4.15. The minimum absolute atomic E-state index is 0.0996. The van der Waals surface area contributed by atoms with Crippen LogP contribution >= 0.6 is 0 Å². The summed E-state index contributed by atoms with van der Waals surface area (Å²) in [6, 6.07) is 20.5. The molecule has 1 atom stereocenters. The highest BCUT2D eigenvalue weighted by molar-refractivity contribution is 5.98. The fourth-order valence-electron chi connectivity index (χ4n) is 3.37. The van der Waals surface area contributed by atoms with Crippen molar-refractivity contribution in [3.8, 4) is 0 Å². The first-order valence-corrected chi connectivity index (χ1v) is 7.76. The van der Waals surface area contributed by atoms with Gasteiger partial charge in [-0.15, -0.1) is 0 Å². The van der Waals surface area contributed by atoms with Crippen LogP contribution in [0.1, 0.15) is 34.9 Å². The van der Waals surface area contributed by atoms with Gasteiger partial charge in [0.1, 0.15) is 5.69 Å². The first kappa shape index (κ1) is 13.1. The Morgan fingerprint density at radius 3 is 2.64 bits per heavy atom. The number of fused-ring (bicyclic) bond motifs is 1. The highest BCUT2D eigenvalue weighted by atomic mass is 16.2. The number of benzene rings is 2. The molecule has 0 radical (unpaired) electrons. The molecule has 1 aliphatic rings. The van der Waals surface area contributed by atoms with Gasteiger partial charge in [0.2, 0.25) is 0 Å². The van der Waals surface area contributed by atoms with Crippen LogP contribution in [-0.4, -0.2) is 22.3 Å². The van der Waals surface area contributed by atoms with Gasteiger partial charge in [-0.1, -0.05) is 48.5 Å². The van der Waals surface area contributed by atoms with Gasteiger partial charge in [-0.05, 0) is 30.5 Å². The fourth-order valence-corrected chi connectivity index (χ4v) is 3.37. The minimum atomic E-state index is 0.0996. The van der Waals surface area contributed by atoms with Gasteiger partial charge in [0.25, 0.3) is 5.91 Å². The Hall–Kier alpha value is -2.55. The van der Waals surface area contributed by atoms with Gasteiger partial charge in [0.15, 0.2) is 0 Å². The van der Waals surface area contributed by atoms with Crippen molar-refractivity contribution < 1.29 is 4.79 Å². The number of hydrogen-bond acceptors (Lipinski definition) is 1. The number of H-pyrrole nitrogens is 1. The summed E-state index contributed by atoms with van der Waals surface area (Å²) in [6.07, 6.45) is 2.10. The number of aromatic amines is 1. The van der Waals surface area contributed by atoms with E-state index in [0.717, 1.165) is 30.3 Å². The summed E-state index contributed by atoms with van der Waals surface area (Å²) in [7, 11) is 0. The van der Waals surface area contributed by atoms with Gasteiger partial charge in [-0.25, -0.2) is 0 Å². The lowest BCUT2D eigenvalue weighted by Gasteiger charge is -2.24. The van der Waals surface area contributed by atoms with Crippen LogP contribution in [0, 0.1) is 0 Å². The van der Waals surface area contributed by atoms with Crippen LogP contribution in [-0.2, 0) is 0 Å². The molecule has 3 aromatic rings. The summed E-state index contributed by atoms with van der Waals surface area (Å²) in [5.41, 5.74) is 2.93. The maximum absolute atomic E-state index is 12.9. The van der Waals surface area contributed by atoms with E-state index in [1.807, 2.05) is 53.4 Å². The molecule has 2 heterocycles. The summed E-state index contributed by atoms with van der Waals surface area (Å²) in [5.74, 6) is 0.0996. The number of carbonyl (C=O) groups excluding carboxylic acids is 1. The van der Waals surface area contributed by atoms with Gasteiger partial charge in [0.05, 0.1) is 6.04 Å². The Labute approximate surface area is 129 Å². The van der Waals surface area contributed by atoms with Crippen LogP contribution in [0.4, 0.5) is 0 Å². The summed E-state index contributed by atoms with van der Waals surface area (Å²) in [6.45, 7) is 0.827. The van der Waals surface area contributed by atoms with Gasteiger partial charge in [-0.2, -0.15) is 0 Å². The highest BCUT2D eigenvalue weighted by Gasteiger charge is 2.31. The number of para-hydroxylation sites is 1. The second-order valence-electron chi connectivity index (χ2n) is 5.84. The average Bonchev–Trinajstić information content (AvgIpc) is 3.21. The number of hydrogen-bond donors (Lipinski definition) is 1. The summed E-state index contributed by atoms with van der Waals surface area (Å²) >= 11 is 0. The zero-order chi connectivity index (χ0) is 14.9. The molecule has 1 N–H and O–H groups in total. The average molecular weight is 290 g/mol. The molecule has 1 aliphatic heterocycles. The van der Waals surface area contributed by atoms with Crippen molar-refractivity contribution in [3.63, 3.8) is 0 Å². The maximum Gasteiger partial charge on any atom is 0.270 e.